The largest absolute Gasteiger partial charge is 0.395 e. The highest BCUT2D eigenvalue weighted by Crippen LogP contribution is 2.66. The standard InChI is InChI=1S/C21H27NO2/c1-11-12(2)18-19(22)15(23)8-10-21(18,4)14-7-9-20(3)13(17(11)14)5-6-16(20)24/h8,10-11,13-14,17H,2,5-7,9,22H2,1,3-4H3/t11-,13+,14+,17+,20+,21-/m1/s1. The number of Topliss-reactive ketones (excluding diaryl/α,β-unsaturated/α-hetero) is 1. The minimum atomic E-state index is -0.223. The van der Waals surface area contributed by atoms with Gasteiger partial charge in [0.25, 0.3) is 0 Å². The number of nitrogens with two attached hydrogens (primary N) is 1. The van der Waals surface area contributed by atoms with Gasteiger partial charge in [0.2, 0.25) is 5.78 Å². The Bertz CT molecular complexity index is 730. The summed E-state index contributed by atoms with van der Waals surface area (Å²) in [5, 5.41) is 0. The molecule has 24 heavy (non-hydrogen) atoms. The molecule has 0 radical (unpaired) electrons. The van der Waals surface area contributed by atoms with Gasteiger partial charge in [-0.1, -0.05) is 33.4 Å². The lowest BCUT2D eigenvalue weighted by Crippen LogP contribution is -2.53. The molecule has 128 valence electrons. The second-order valence-corrected chi connectivity index (χ2v) is 8.79. The van der Waals surface area contributed by atoms with Crippen LogP contribution in [0.1, 0.15) is 46.5 Å². The minimum absolute atomic E-state index is 0.0917. The SMILES string of the molecule is C=C1C2=C(N)C(=O)C=C[C@]2(C)[C@H]2CC[C@]3(C)C(=O)CC[C@H]3[C@@H]2[C@@H]1C. The third-order valence-electron chi connectivity index (χ3n) is 7.91. The van der Waals surface area contributed by atoms with E-state index in [2.05, 4.69) is 33.4 Å². The third-order valence-corrected chi connectivity index (χ3v) is 7.91. The van der Waals surface area contributed by atoms with Gasteiger partial charge in [-0.3, -0.25) is 9.59 Å². The third kappa shape index (κ3) is 1.68. The summed E-state index contributed by atoms with van der Waals surface area (Å²) in [4.78, 5) is 24.7. The molecule has 0 saturated heterocycles. The molecule has 0 aromatic heterocycles. The van der Waals surface area contributed by atoms with Gasteiger partial charge in [0.1, 0.15) is 5.78 Å². The van der Waals surface area contributed by atoms with Crippen molar-refractivity contribution in [3.05, 3.63) is 35.6 Å². The van der Waals surface area contributed by atoms with E-state index in [0.29, 0.717) is 29.2 Å². The van der Waals surface area contributed by atoms with Gasteiger partial charge in [0, 0.05) is 17.3 Å². The minimum Gasteiger partial charge on any atom is -0.395 e. The average Bonchev–Trinajstić information content (AvgIpc) is 2.84. The predicted molar refractivity (Wildman–Crippen MR) is 93.8 cm³/mol. The van der Waals surface area contributed by atoms with Crippen LogP contribution < -0.4 is 5.73 Å². The van der Waals surface area contributed by atoms with Crippen LogP contribution in [-0.4, -0.2) is 11.6 Å². The number of hydrogen-bond donors (Lipinski definition) is 1. The number of ketones is 2. The molecule has 4 rings (SSSR count). The molecular formula is C21H27NO2. The van der Waals surface area contributed by atoms with Crippen LogP contribution in [-0.2, 0) is 9.59 Å². The number of carbonyl (C=O) groups is 2. The van der Waals surface area contributed by atoms with E-state index >= 15 is 0 Å². The molecule has 0 bridgehead atoms. The molecule has 0 aromatic carbocycles. The van der Waals surface area contributed by atoms with Crippen molar-refractivity contribution in [1.82, 2.24) is 0 Å². The molecule has 4 aliphatic carbocycles. The molecule has 0 unspecified atom stereocenters. The molecule has 3 nitrogen and oxygen atoms in total. The van der Waals surface area contributed by atoms with Crippen molar-refractivity contribution >= 4 is 11.6 Å². The maximum Gasteiger partial charge on any atom is 0.201 e. The van der Waals surface area contributed by atoms with E-state index in [9.17, 15) is 9.59 Å². The average molecular weight is 325 g/mol. The Morgan fingerprint density at radius 1 is 1.21 bits per heavy atom. The van der Waals surface area contributed by atoms with Crippen molar-refractivity contribution in [2.24, 2.45) is 40.2 Å². The maximum atomic E-state index is 12.5. The molecule has 3 saturated carbocycles. The van der Waals surface area contributed by atoms with E-state index in [4.69, 9.17) is 5.73 Å². The summed E-state index contributed by atoms with van der Waals surface area (Å²) in [7, 11) is 0. The Hall–Kier alpha value is -1.64. The topological polar surface area (TPSA) is 60.2 Å². The molecule has 0 amide bonds. The van der Waals surface area contributed by atoms with Crippen LogP contribution >= 0.6 is 0 Å². The lowest BCUT2D eigenvalue weighted by molar-refractivity contribution is -0.132. The first kappa shape index (κ1) is 15.9. The smallest absolute Gasteiger partial charge is 0.201 e. The van der Waals surface area contributed by atoms with Crippen molar-refractivity contribution in [1.29, 1.82) is 0 Å². The quantitative estimate of drug-likeness (QED) is 0.741. The fourth-order valence-electron chi connectivity index (χ4n) is 6.49. The van der Waals surface area contributed by atoms with Gasteiger partial charge in [-0.2, -0.15) is 0 Å². The zero-order chi connectivity index (χ0) is 17.4. The van der Waals surface area contributed by atoms with Crippen molar-refractivity contribution < 1.29 is 9.59 Å². The highest BCUT2D eigenvalue weighted by molar-refractivity contribution is 6.06. The summed E-state index contributed by atoms with van der Waals surface area (Å²) in [5.74, 6) is 1.93. The number of hydrogen-bond acceptors (Lipinski definition) is 3. The van der Waals surface area contributed by atoms with Crippen LogP contribution in [0.25, 0.3) is 0 Å². The van der Waals surface area contributed by atoms with Gasteiger partial charge >= 0.3 is 0 Å². The second kappa shape index (κ2) is 4.71. The van der Waals surface area contributed by atoms with E-state index < -0.39 is 0 Å². The highest BCUT2D eigenvalue weighted by Gasteiger charge is 2.61. The van der Waals surface area contributed by atoms with Crippen LogP contribution in [0, 0.1) is 34.5 Å². The number of carbonyl (C=O) groups excluding carboxylic acids is 2. The predicted octanol–water partition coefficient (Wildman–Crippen LogP) is 3.56. The summed E-state index contributed by atoms with van der Waals surface area (Å²) >= 11 is 0. The second-order valence-electron chi connectivity index (χ2n) is 8.79. The van der Waals surface area contributed by atoms with Gasteiger partial charge in [0.05, 0.1) is 5.70 Å². The van der Waals surface area contributed by atoms with E-state index in [-0.39, 0.29) is 22.5 Å². The summed E-state index contributed by atoms with van der Waals surface area (Å²) < 4.78 is 0. The fourth-order valence-corrected chi connectivity index (χ4v) is 6.49. The van der Waals surface area contributed by atoms with E-state index in [1.807, 2.05) is 0 Å². The Labute approximate surface area is 144 Å². The van der Waals surface area contributed by atoms with Gasteiger partial charge in [-0.15, -0.1) is 0 Å². The van der Waals surface area contributed by atoms with Crippen LogP contribution in [0.15, 0.2) is 35.6 Å². The molecule has 0 spiro atoms. The Kier molecular flexibility index (Phi) is 3.11. The first-order valence-electron chi connectivity index (χ1n) is 9.18. The molecule has 0 aromatic rings. The lowest BCUT2D eigenvalue weighted by atomic mass is 9.45. The van der Waals surface area contributed by atoms with Crippen molar-refractivity contribution in [3.8, 4) is 0 Å². The van der Waals surface area contributed by atoms with Crippen molar-refractivity contribution in [3.63, 3.8) is 0 Å². The Balaban J connectivity index is 1.86. The molecular weight excluding hydrogens is 298 g/mol. The first-order chi connectivity index (χ1) is 11.2. The van der Waals surface area contributed by atoms with Crippen LogP contribution in [0.5, 0.6) is 0 Å². The monoisotopic (exact) mass is 325 g/mol. The molecule has 3 heteroatoms. The van der Waals surface area contributed by atoms with Gasteiger partial charge in [-0.05, 0) is 60.2 Å². The first-order valence-corrected chi connectivity index (χ1v) is 9.18. The summed E-state index contributed by atoms with van der Waals surface area (Å²) in [5.41, 5.74) is 8.19. The summed E-state index contributed by atoms with van der Waals surface area (Å²) in [6, 6.07) is 0. The van der Waals surface area contributed by atoms with Crippen LogP contribution in [0.4, 0.5) is 0 Å². The normalized spacial score (nSPS) is 47.5. The Morgan fingerprint density at radius 2 is 1.92 bits per heavy atom. The van der Waals surface area contributed by atoms with E-state index in [0.717, 1.165) is 36.8 Å². The number of rotatable bonds is 0. The lowest BCUT2D eigenvalue weighted by Gasteiger charge is -2.58. The van der Waals surface area contributed by atoms with Crippen LogP contribution in [0.3, 0.4) is 0 Å². The van der Waals surface area contributed by atoms with E-state index in [1.54, 1.807) is 6.08 Å². The van der Waals surface area contributed by atoms with Crippen molar-refractivity contribution in [2.45, 2.75) is 46.5 Å². The van der Waals surface area contributed by atoms with Crippen molar-refractivity contribution in [2.75, 3.05) is 0 Å². The molecule has 4 aliphatic rings. The molecule has 2 N–H and O–H groups in total. The molecule has 6 atom stereocenters. The molecule has 0 heterocycles. The van der Waals surface area contributed by atoms with Crippen LogP contribution in [0.2, 0.25) is 0 Å². The highest BCUT2D eigenvalue weighted by atomic mass is 16.1. The molecule has 0 aliphatic heterocycles. The number of fused-ring (bicyclic) bond motifs is 5. The zero-order valence-electron chi connectivity index (χ0n) is 14.9. The summed E-state index contributed by atoms with van der Waals surface area (Å²) in [6.07, 6.45) is 7.41. The fraction of sp³-hybridized carbons (Fsp3) is 0.619. The number of allylic oxidation sites excluding steroid dienone is 4. The Morgan fingerprint density at radius 3 is 2.62 bits per heavy atom. The van der Waals surface area contributed by atoms with Gasteiger partial charge in [0.15, 0.2) is 0 Å². The molecule has 3 fully saturated rings. The maximum absolute atomic E-state index is 12.5. The van der Waals surface area contributed by atoms with Gasteiger partial charge < -0.3 is 5.73 Å². The van der Waals surface area contributed by atoms with E-state index in [1.165, 1.54) is 0 Å². The van der Waals surface area contributed by atoms with Gasteiger partial charge in [-0.25, -0.2) is 0 Å². The summed E-state index contributed by atoms with van der Waals surface area (Å²) in [6.45, 7) is 11.0. The zero-order valence-corrected chi connectivity index (χ0v) is 14.9.